The molecule has 20 nitrogen and oxygen atoms in total. The van der Waals surface area contributed by atoms with Gasteiger partial charge in [-0.3, -0.25) is 4.79 Å². The zero-order valence-electron chi connectivity index (χ0n) is 27.4. The minimum atomic E-state index is -1.97. The Morgan fingerprint density at radius 3 is 1.74 bits per heavy atom. The smallest absolute Gasteiger partial charge is 0.229 e. The highest BCUT2D eigenvalue weighted by Crippen LogP contribution is 2.46. The molecule has 6 unspecified atom stereocenters. The standard InChI is InChI=1S/C33H40O20/c34-7-16-23(41)27(45)31(53-33-29(47)26(44)22(40)18(9-36)52-33)30(50-16)20-13(38)6-15-19(24(20)42)12(37)5-14(49-15)10-1-3-11(4-2-10)48-32-28(46)25(43)21(39)17(8-35)51-32/h1-6,16-18,21-23,25-36,38-47H,7-9H2/t16?,17?,18?,21-,22+,23+,25-,26-,27-,28?,29?,30-,31?,32+,33-/m0/s1. The molecule has 3 fully saturated rings. The number of aliphatic hydroxyl groups is 11. The Morgan fingerprint density at radius 2 is 1.15 bits per heavy atom. The van der Waals surface area contributed by atoms with E-state index in [4.69, 9.17) is 28.1 Å². The lowest BCUT2D eigenvalue weighted by Gasteiger charge is -2.46. The van der Waals surface area contributed by atoms with Crippen LogP contribution in [0.3, 0.4) is 0 Å². The number of aromatic hydroxyl groups is 2. The minimum absolute atomic E-state index is 0.0509. The van der Waals surface area contributed by atoms with Gasteiger partial charge in [-0.05, 0) is 24.3 Å². The third kappa shape index (κ3) is 7.21. The summed E-state index contributed by atoms with van der Waals surface area (Å²) in [6, 6.07) is 7.63. The quantitative estimate of drug-likeness (QED) is 0.0976. The van der Waals surface area contributed by atoms with Crippen LogP contribution >= 0.6 is 0 Å². The molecule has 3 aliphatic heterocycles. The molecule has 53 heavy (non-hydrogen) atoms. The third-order valence-electron chi connectivity index (χ3n) is 9.54. The first-order valence-electron chi connectivity index (χ1n) is 16.4. The Hall–Kier alpha value is -3.55. The van der Waals surface area contributed by atoms with Crippen LogP contribution in [0.5, 0.6) is 17.2 Å². The van der Waals surface area contributed by atoms with Gasteiger partial charge in [-0.15, -0.1) is 0 Å². The predicted molar refractivity (Wildman–Crippen MR) is 171 cm³/mol. The van der Waals surface area contributed by atoms with Crippen molar-refractivity contribution in [2.24, 2.45) is 0 Å². The summed E-state index contributed by atoms with van der Waals surface area (Å²) in [6.45, 7) is -2.35. The molecule has 0 bridgehead atoms. The Bertz CT molecular complexity index is 1780. The van der Waals surface area contributed by atoms with Crippen molar-refractivity contribution in [3.8, 4) is 28.6 Å². The highest BCUT2D eigenvalue weighted by atomic mass is 16.7. The molecule has 292 valence electrons. The van der Waals surface area contributed by atoms with Crippen LogP contribution in [0.2, 0.25) is 0 Å². The Balaban J connectivity index is 1.30. The summed E-state index contributed by atoms with van der Waals surface area (Å²) in [5.74, 6) is -1.62. The van der Waals surface area contributed by atoms with E-state index in [1.165, 1.54) is 24.3 Å². The molecule has 3 aromatic rings. The number of phenolic OH excluding ortho intramolecular Hbond substituents is 2. The van der Waals surface area contributed by atoms with Crippen molar-refractivity contribution in [1.29, 1.82) is 0 Å². The number of ether oxygens (including phenoxy) is 5. The molecule has 0 spiro atoms. The van der Waals surface area contributed by atoms with Gasteiger partial charge in [0, 0.05) is 17.7 Å². The maximum atomic E-state index is 13.5. The van der Waals surface area contributed by atoms with Gasteiger partial charge in [0.2, 0.25) is 6.29 Å². The number of rotatable bonds is 9. The summed E-state index contributed by atoms with van der Waals surface area (Å²) < 4.78 is 33.5. The summed E-state index contributed by atoms with van der Waals surface area (Å²) in [5.41, 5.74) is -1.43. The van der Waals surface area contributed by atoms with Gasteiger partial charge in [0.25, 0.3) is 0 Å². The number of phenols is 2. The normalized spacial score (nSPS) is 37.8. The molecule has 0 aliphatic carbocycles. The number of hydrogen-bond donors (Lipinski definition) is 13. The van der Waals surface area contributed by atoms with Crippen LogP contribution in [-0.2, 0) is 18.9 Å². The van der Waals surface area contributed by atoms with Crippen molar-refractivity contribution in [2.45, 2.75) is 91.9 Å². The molecule has 0 amide bonds. The van der Waals surface area contributed by atoms with E-state index in [2.05, 4.69) is 0 Å². The van der Waals surface area contributed by atoms with E-state index in [-0.39, 0.29) is 17.1 Å². The van der Waals surface area contributed by atoms with E-state index < -0.39 is 140 Å². The first-order valence-corrected chi connectivity index (χ1v) is 16.4. The van der Waals surface area contributed by atoms with Gasteiger partial charge in [-0.2, -0.15) is 0 Å². The Kier molecular flexibility index (Phi) is 11.6. The number of fused-ring (bicyclic) bond motifs is 1. The van der Waals surface area contributed by atoms with E-state index in [0.29, 0.717) is 5.56 Å². The van der Waals surface area contributed by atoms with Crippen molar-refractivity contribution in [2.75, 3.05) is 19.8 Å². The van der Waals surface area contributed by atoms with E-state index in [1.807, 2.05) is 0 Å². The minimum Gasteiger partial charge on any atom is -0.507 e. The van der Waals surface area contributed by atoms with Crippen molar-refractivity contribution < 1.29 is 94.5 Å². The maximum Gasteiger partial charge on any atom is 0.229 e. The number of benzene rings is 2. The number of hydrogen-bond acceptors (Lipinski definition) is 20. The van der Waals surface area contributed by atoms with Gasteiger partial charge in [0.05, 0.1) is 25.4 Å². The lowest BCUT2D eigenvalue weighted by atomic mass is 9.89. The van der Waals surface area contributed by atoms with Crippen molar-refractivity contribution in [3.63, 3.8) is 0 Å². The molecule has 4 heterocycles. The van der Waals surface area contributed by atoms with Gasteiger partial charge in [0.1, 0.15) is 113 Å². The number of aliphatic hydroxyl groups excluding tert-OH is 11. The molecule has 3 aliphatic rings. The second kappa shape index (κ2) is 15.7. The maximum absolute atomic E-state index is 13.5. The molecule has 20 heteroatoms. The van der Waals surface area contributed by atoms with Gasteiger partial charge in [-0.1, -0.05) is 0 Å². The van der Waals surface area contributed by atoms with Crippen LogP contribution < -0.4 is 10.2 Å². The topological polar surface area (TPSA) is 339 Å². The predicted octanol–water partition coefficient (Wildman–Crippen LogP) is -4.61. The average molecular weight is 757 g/mol. The lowest BCUT2D eigenvalue weighted by molar-refractivity contribution is -0.342. The summed E-state index contributed by atoms with van der Waals surface area (Å²) >= 11 is 0. The van der Waals surface area contributed by atoms with Crippen molar-refractivity contribution >= 4 is 11.0 Å². The molecule has 0 radical (unpaired) electrons. The van der Waals surface area contributed by atoms with Gasteiger partial charge in [0.15, 0.2) is 11.7 Å². The van der Waals surface area contributed by atoms with Crippen molar-refractivity contribution in [3.05, 3.63) is 52.2 Å². The first-order chi connectivity index (χ1) is 25.2. The van der Waals surface area contributed by atoms with Gasteiger partial charge in [-0.25, -0.2) is 0 Å². The second-order valence-corrected chi connectivity index (χ2v) is 12.9. The van der Waals surface area contributed by atoms with E-state index in [0.717, 1.165) is 12.1 Å². The highest BCUT2D eigenvalue weighted by molar-refractivity contribution is 5.88. The summed E-state index contributed by atoms with van der Waals surface area (Å²) in [4.78, 5) is 13.5. The summed E-state index contributed by atoms with van der Waals surface area (Å²) in [5, 5.41) is 134. The molecular weight excluding hydrogens is 716 g/mol. The monoisotopic (exact) mass is 756 g/mol. The average Bonchev–Trinajstić information content (AvgIpc) is 3.14. The van der Waals surface area contributed by atoms with Crippen molar-refractivity contribution in [1.82, 2.24) is 0 Å². The zero-order chi connectivity index (χ0) is 38.5. The molecule has 13 N–H and O–H groups in total. The molecule has 1 aromatic heterocycles. The molecule has 6 rings (SSSR count). The zero-order valence-corrected chi connectivity index (χ0v) is 27.4. The fourth-order valence-electron chi connectivity index (χ4n) is 6.53. The molecular formula is C33H40O20. The summed E-state index contributed by atoms with van der Waals surface area (Å²) in [7, 11) is 0. The molecule has 2 aromatic carbocycles. The van der Waals surface area contributed by atoms with Crippen LogP contribution in [-0.4, -0.2) is 172 Å². The molecule has 3 saturated heterocycles. The third-order valence-corrected chi connectivity index (χ3v) is 9.54. The fourth-order valence-corrected chi connectivity index (χ4v) is 6.53. The fraction of sp³-hybridized carbons (Fsp3) is 0.545. The van der Waals surface area contributed by atoms with Crippen LogP contribution in [0, 0.1) is 0 Å². The van der Waals surface area contributed by atoms with Crippen LogP contribution in [0.25, 0.3) is 22.3 Å². The van der Waals surface area contributed by atoms with Crippen LogP contribution in [0.15, 0.2) is 45.6 Å². The SMILES string of the molecule is O=c1cc(-c2ccc(O[C@@H]3OC(CO)[C@H](O)[C@H](O)C3O)cc2)oc2cc(O)c([C@@H]3OC(CO)[C@@H](O)[C@H](O)C3O[C@@H]3OC(CO)[C@@H](O)[C@H](O)C3O)c(O)c12. The molecule has 15 atom stereocenters. The summed E-state index contributed by atoms with van der Waals surface area (Å²) in [6.07, 6.45) is -25.5. The highest BCUT2D eigenvalue weighted by Gasteiger charge is 2.52. The van der Waals surface area contributed by atoms with E-state index in [9.17, 15) is 71.2 Å². The largest absolute Gasteiger partial charge is 0.507 e. The van der Waals surface area contributed by atoms with Gasteiger partial charge >= 0.3 is 0 Å². The van der Waals surface area contributed by atoms with Crippen LogP contribution in [0.4, 0.5) is 0 Å². The first kappa shape index (κ1) is 39.2. The Morgan fingerprint density at radius 1 is 0.623 bits per heavy atom. The lowest BCUT2D eigenvalue weighted by Crippen LogP contribution is -2.62. The second-order valence-electron chi connectivity index (χ2n) is 12.9. The Labute approximate surface area is 298 Å². The van der Waals surface area contributed by atoms with Crippen LogP contribution in [0.1, 0.15) is 11.7 Å². The van der Waals surface area contributed by atoms with Gasteiger partial charge < -0.3 is 94.5 Å². The molecule has 0 saturated carbocycles. The van der Waals surface area contributed by atoms with E-state index in [1.54, 1.807) is 0 Å². The van der Waals surface area contributed by atoms with E-state index >= 15 is 0 Å².